The largest absolute Gasteiger partial charge is 0.355 e. The summed E-state index contributed by atoms with van der Waals surface area (Å²) < 4.78 is 1.22. The van der Waals surface area contributed by atoms with Gasteiger partial charge in [0.05, 0.1) is 6.54 Å². The van der Waals surface area contributed by atoms with Crippen LogP contribution in [0, 0.1) is 9.49 Å². The summed E-state index contributed by atoms with van der Waals surface area (Å²) >= 11 is 2.28. The lowest BCUT2D eigenvalue weighted by Gasteiger charge is -2.14. The second-order valence-electron chi connectivity index (χ2n) is 4.85. The van der Waals surface area contributed by atoms with Crippen LogP contribution in [-0.2, 0) is 4.79 Å². The molecule has 2 N–H and O–H groups in total. The van der Waals surface area contributed by atoms with Crippen molar-refractivity contribution in [2.24, 2.45) is 5.92 Å². The van der Waals surface area contributed by atoms with Crippen molar-refractivity contribution in [1.29, 1.82) is 0 Å². The van der Waals surface area contributed by atoms with Crippen molar-refractivity contribution in [3.05, 3.63) is 33.4 Å². The summed E-state index contributed by atoms with van der Waals surface area (Å²) in [7, 11) is 0. The topological polar surface area (TPSA) is 41.1 Å². The molecule has 1 rings (SSSR count). The molecule has 1 unspecified atom stereocenters. The lowest BCUT2D eigenvalue weighted by Crippen LogP contribution is -2.36. The number of halogens is 1. The Morgan fingerprint density at radius 1 is 1.22 bits per heavy atom. The van der Waals surface area contributed by atoms with Gasteiger partial charge in [-0.15, -0.1) is 0 Å². The van der Waals surface area contributed by atoms with Crippen molar-refractivity contribution >= 4 is 28.5 Å². The fourth-order valence-corrected chi connectivity index (χ4v) is 1.86. The second kappa shape index (κ2) is 7.74. The first-order valence-electron chi connectivity index (χ1n) is 6.24. The maximum atomic E-state index is 11.6. The Morgan fingerprint density at radius 2 is 1.83 bits per heavy atom. The van der Waals surface area contributed by atoms with Crippen LogP contribution < -0.4 is 10.6 Å². The predicted octanol–water partition coefficient (Wildman–Crippen LogP) is 2.71. The van der Waals surface area contributed by atoms with E-state index in [2.05, 4.69) is 78.3 Å². The van der Waals surface area contributed by atoms with Crippen LogP contribution in [0.2, 0.25) is 0 Å². The number of benzene rings is 1. The van der Waals surface area contributed by atoms with Gasteiger partial charge in [0, 0.05) is 16.2 Å². The minimum Gasteiger partial charge on any atom is -0.355 e. The molecule has 0 spiro atoms. The van der Waals surface area contributed by atoms with E-state index in [1.165, 1.54) is 9.13 Å². The molecule has 0 aliphatic heterocycles. The zero-order valence-electron chi connectivity index (χ0n) is 11.2. The quantitative estimate of drug-likeness (QED) is 0.766. The average Bonchev–Trinajstić information content (AvgIpc) is 2.34. The van der Waals surface area contributed by atoms with Gasteiger partial charge in [0.15, 0.2) is 0 Å². The molecule has 0 heterocycles. The van der Waals surface area contributed by atoms with Gasteiger partial charge in [-0.1, -0.05) is 26.0 Å². The molecule has 1 atom stereocenters. The first kappa shape index (κ1) is 15.4. The fraction of sp³-hybridized carbons (Fsp3) is 0.500. The molecule has 18 heavy (non-hydrogen) atoms. The van der Waals surface area contributed by atoms with Crippen molar-refractivity contribution in [3.63, 3.8) is 0 Å². The molecule has 1 aromatic carbocycles. The highest BCUT2D eigenvalue weighted by atomic mass is 127. The van der Waals surface area contributed by atoms with Gasteiger partial charge in [0.25, 0.3) is 0 Å². The number of rotatable bonds is 6. The third-order valence-electron chi connectivity index (χ3n) is 2.65. The number of carbonyl (C=O) groups is 1. The highest BCUT2D eigenvalue weighted by Crippen LogP contribution is 2.13. The van der Waals surface area contributed by atoms with Crippen LogP contribution >= 0.6 is 22.6 Å². The third kappa shape index (κ3) is 5.82. The lowest BCUT2D eigenvalue weighted by atomic mass is 10.1. The molecule has 0 bridgehead atoms. The molecule has 100 valence electrons. The average molecular weight is 360 g/mol. The summed E-state index contributed by atoms with van der Waals surface area (Å²) in [5.41, 5.74) is 1.20. The highest BCUT2D eigenvalue weighted by molar-refractivity contribution is 14.1. The van der Waals surface area contributed by atoms with Crippen LogP contribution in [-0.4, -0.2) is 19.0 Å². The van der Waals surface area contributed by atoms with Gasteiger partial charge in [-0.2, -0.15) is 0 Å². The number of hydrogen-bond donors (Lipinski definition) is 2. The highest BCUT2D eigenvalue weighted by Gasteiger charge is 2.07. The van der Waals surface area contributed by atoms with Crippen molar-refractivity contribution in [1.82, 2.24) is 10.6 Å². The molecular formula is C14H21IN2O. The van der Waals surface area contributed by atoms with E-state index in [0.29, 0.717) is 12.5 Å². The van der Waals surface area contributed by atoms with Crippen LogP contribution in [0.5, 0.6) is 0 Å². The first-order valence-corrected chi connectivity index (χ1v) is 7.32. The van der Waals surface area contributed by atoms with Crippen LogP contribution in [0.25, 0.3) is 0 Å². The van der Waals surface area contributed by atoms with E-state index in [0.717, 1.165) is 6.54 Å². The van der Waals surface area contributed by atoms with E-state index in [1.807, 2.05) is 0 Å². The molecule has 0 radical (unpaired) electrons. The minimum absolute atomic E-state index is 0.0565. The Balaban J connectivity index is 2.34. The van der Waals surface area contributed by atoms with E-state index in [1.54, 1.807) is 0 Å². The molecule has 0 aromatic heterocycles. The number of nitrogens with one attached hydrogen (secondary N) is 2. The van der Waals surface area contributed by atoms with Crippen LogP contribution in [0.1, 0.15) is 32.4 Å². The van der Waals surface area contributed by atoms with Gasteiger partial charge in [-0.05, 0) is 53.1 Å². The van der Waals surface area contributed by atoms with Crippen LogP contribution in [0.3, 0.4) is 0 Å². The van der Waals surface area contributed by atoms with Gasteiger partial charge in [-0.25, -0.2) is 0 Å². The monoisotopic (exact) mass is 360 g/mol. The Bertz CT molecular complexity index is 376. The zero-order valence-corrected chi connectivity index (χ0v) is 13.3. The standard InChI is InChI=1S/C14H21IN2O/c1-10(2)8-17-14(18)9-16-11(3)12-4-6-13(15)7-5-12/h4-7,10-11,16H,8-9H2,1-3H3,(H,17,18). The van der Waals surface area contributed by atoms with Gasteiger partial charge in [0.2, 0.25) is 5.91 Å². The van der Waals surface area contributed by atoms with Gasteiger partial charge in [-0.3, -0.25) is 4.79 Å². The number of hydrogen-bond acceptors (Lipinski definition) is 2. The Hall–Kier alpha value is -0.620. The summed E-state index contributed by atoms with van der Waals surface area (Å²) in [5, 5.41) is 6.12. The first-order chi connectivity index (χ1) is 8.49. The summed E-state index contributed by atoms with van der Waals surface area (Å²) in [4.78, 5) is 11.6. The lowest BCUT2D eigenvalue weighted by molar-refractivity contribution is -0.120. The maximum absolute atomic E-state index is 11.6. The Kier molecular flexibility index (Phi) is 6.63. The molecule has 0 aliphatic carbocycles. The fourth-order valence-electron chi connectivity index (χ4n) is 1.50. The van der Waals surface area contributed by atoms with Crippen LogP contribution in [0.15, 0.2) is 24.3 Å². The minimum atomic E-state index is 0.0565. The summed E-state index contributed by atoms with van der Waals surface area (Å²) in [6.07, 6.45) is 0. The number of carbonyl (C=O) groups excluding carboxylic acids is 1. The summed E-state index contributed by atoms with van der Waals surface area (Å²) in [6.45, 7) is 7.33. The maximum Gasteiger partial charge on any atom is 0.233 e. The smallest absolute Gasteiger partial charge is 0.233 e. The van der Waals surface area contributed by atoms with Gasteiger partial charge >= 0.3 is 0 Å². The van der Waals surface area contributed by atoms with E-state index < -0.39 is 0 Å². The molecule has 3 nitrogen and oxygen atoms in total. The molecule has 4 heteroatoms. The normalized spacial score (nSPS) is 12.5. The third-order valence-corrected chi connectivity index (χ3v) is 3.37. The van der Waals surface area contributed by atoms with Crippen LogP contribution in [0.4, 0.5) is 0 Å². The van der Waals surface area contributed by atoms with E-state index >= 15 is 0 Å². The number of amides is 1. The molecule has 1 amide bonds. The van der Waals surface area contributed by atoms with Crippen molar-refractivity contribution in [2.45, 2.75) is 26.8 Å². The predicted molar refractivity (Wildman–Crippen MR) is 83.4 cm³/mol. The van der Waals surface area contributed by atoms with E-state index in [-0.39, 0.29) is 11.9 Å². The molecule has 1 aromatic rings. The molecule has 0 fully saturated rings. The molecule has 0 aliphatic rings. The molecular weight excluding hydrogens is 339 g/mol. The van der Waals surface area contributed by atoms with Gasteiger partial charge in [0.1, 0.15) is 0 Å². The Labute approximate surface area is 123 Å². The zero-order chi connectivity index (χ0) is 13.5. The van der Waals surface area contributed by atoms with Crippen molar-refractivity contribution in [2.75, 3.05) is 13.1 Å². The SMILES string of the molecule is CC(C)CNC(=O)CNC(C)c1ccc(I)cc1. The summed E-state index contributed by atoms with van der Waals surface area (Å²) in [5.74, 6) is 0.545. The second-order valence-corrected chi connectivity index (χ2v) is 6.10. The van der Waals surface area contributed by atoms with Crippen molar-refractivity contribution < 1.29 is 4.79 Å². The molecule has 0 saturated heterocycles. The Morgan fingerprint density at radius 3 is 2.39 bits per heavy atom. The molecule has 0 saturated carbocycles. The van der Waals surface area contributed by atoms with E-state index in [4.69, 9.17) is 0 Å². The summed E-state index contributed by atoms with van der Waals surface area (Å²) in [6, 6.07) is 8.52. The van der Waals surface area contributed by atoms with Gasteiger partial charge < -0.3 is 10.6 Å². The van der Waals surface area contributed by atoms with Crippen molar-refractivity contribution in [3.8, 4) is 0 Å². The van der Waals surface area contributed by atoms with E-state index in [9.17, 15) is 4.79 Å².